The van der Waals surface area contributed by atoms with Gasteiger partial charge in [0.05, 0.1) is 6.04 Å². The molecule has 4 nitrogen and oxygen atoms in total. The molecule has 0 aliphatic carbocycles. The molecule has 3 rings (SSSR count). The lowest BCUT2D eigenvalue weighted by atomic mass is 10.1. The number of halogens is 1. The summed E-state index contributed by atoms with van der Waals surface area (Å²) in [6, 6.07) is 7.97. The van der Waals surface area contributed by atoms with Crippen LogP contribution in [0.2, 0.25) is 0 Å². The lowest BCUT2D eigenvalue weighted by Crippen LogP contribution is -2.46. The van der Waals surface area contributed by atoms with E-state index in [2.05, 4.69) is 43.1 Å². The SMILES string of the molecule is Cc1ccc(CN2C[C@@H](F)C[C@H]2C(=O)N2CCCN(C)CC2)cc1. The molecule has 0 spiro atoms. The van der Waals surface area contributed by atoms with Crippen molar-refractivity contribution >= 4 is 5.91 Å². The third-order valence-electron chi connectivity index (χ3n) is 5.17. The summed E-state index contributed by atoms with van der Waals surface area (Å²) in [6.07, 6.45) is 0.419. The van der Waals surface area contributed by atoms with E-state index in [9.17, 15) is 9.18 Å². The highest BCUT2D eigenvalue weighted by Crippen LogP contribution is 2.25. The second-order valence-corrected chi connectivity index (χ2v) is 7.25. The first-order valence-electron chi connectivity index (χ1n) is 8.94. The van der Waals surface area contributed by atoms with Gasteiger partial charge in [-0.1, -0.05) is 29.8 Å². The first-order chi connectivity index (χ1) is 11.5. The maximum Gasteiger partial charge on any atom is 0.240 e. The number of carbonyl (C=O) groups is 1. The molecule has 2 saturated heterocycles. The van der Waals surface area contributed by atoms with Crippen molar-refractivity contribution in [3.63, 3.8) is 0 Å². The quantitative estimate of drug-likeness (QED) is 0.847. The zero-order valence-corrected chi connectivity index (χ0v) is 14.7. The van der Waals surface area contributed by atoms with Gasteiger partial charge in [0, 0.05) is 39.1 Å². The van der Waals surface area contributed by atoms with Gasteiger partial charge in [-0.05, 0) is 32.5 Å². The standard InChI is InChI=1S/C19H28FN3O/c1-15-4-6-16(7-5-15)13-23-14-17(20)12-18(23)19(24)22-9-3-8-21(2)10-11-22/h4-7,17-18H,3,8-14H2,1-2H3/t17-,18-/m0/s1. The third kappa shape index (κ3) is 4.14. The zero-order valence-electron chi connectivity index (χ0n) is 14.7. The number of hydrogen-bond donors (Lipinski definition) is 0. The Morgan fingerprint density at radius 1 is 1.17 bits per heavy atom. The summed E-state index contributed by atoms with van der Waals surface area (Å²) in [5.41, 5.74) is 2.35. The molecule has 2 aliphatic heterocycles. The van der Waals surface area contributed by atoms with Crippen molar-refractivity contribution in [2.24, 2.45) is 0 Å². The van der Waals surface area contributed by atoms with E-state index in [1.54, 1.807) is 0 Å². The van der Waals surface area contributed by atoms with Crippen LogP contribution in [0.4, 0.5) is 4.39 Å². The maximum atomic E-state index is 14.0. The summed E-state index contributed by atoms with van der Waals surface area (Å²) in [4.78, 5) is 19.2. The average Bonchev–Trinajstić information content (AvgIpc) is 2.77. The fourth-order valence-corrected chi connectivity index (χ4v) is 3.68. The molecule has 2 fully saturated rings. The molecule has 24 heavy (non-hydrogen) atoms. The van der Waals surface area contributed by atoms with Crippen molar-refractivity contribution in [2.45, 2.75) is 38.5 Å². The Bertz CT molecular complexity index is 562. The summed E-state index contributed by atoms with van der Waals surface area (Å²) in [6.45, 7) is 6.52. The molecule has 2 heterocycles. The topological polar surface area (TPSA) is 26.8 Å². The van der Waals surface area contributed by atoms with E-state index >= 15 is 0 Å². The van der Waals surface area contributed by atoms with Crippen LogP contribution in [0.3, 0.4) is 0 Å². The summed E-state index contributed by atoms with van der Waals surface area (Å²) in [7, 11) is 2.09. The molecule has 1 aromatic carbocycles. The lowest BCUT2D eigenvalue weighted by Gasteiger charge is -2.29. The van der Waals surface area contributed by atoms with Gasteiger partial charge in [0.1, 0.15) is 6.17 Å². The second kappa shape index (κ2) is 7.62. The van der Waals surface area contributed by atoms with Crippen LogP contribution in [0.5, 0.6) is 0 Å². The summed E-state index contributed by atoms with van der Waals surface area (Å²) in [5.74, 6) is 0.109. The van der Waals surface area contributed by atoms with Crippen LogP contribution in [-0.4, -0.2) is 72.6 Å². The molecular weight excluding hydrogens is 305 g/mol. The minimum Gasteiger partial charge on any atom is -0.340 e. The molecular formula is C19H28FN3O. The molecule has 5 heteroatoms. The number of likely N-dealkylation sites (N-methyl/N-ethyl adjacent to an activating group) is 1. The summed E-state index contributed by atoms with van der Waals surface area (Å²) >= 11 is 0. The molecule has 0 aromatic heterocycles. The van der Waals surface area contributed by atoms with Gasteiger partial charge >= 0.3 is 0 Å². The predicted octanol–water partition coefficient (Wildman–Crippen LogP) is 2.07. The fourth-order valence-electron chi connectivity index (χ4n) is 3.68. The smallest absolute Gasteiger partial charge is 0.240 e. The van der Waals surface area contributed by atoms with E-state index in [-0.39, 0.29) is 11.9 Å². The largest absolute Gasteiger partial charge is 0.340 e. The number of hydrogen-bond acceptors (Lipinski definition) is 3. The van der Waals surface area contributed by atoms with Gasteiger partial charge in [0.15, 0.2) is 0 Å². The minimum atomic E-state index is -0.904. The molecule has 0 saturated carbocycles. The van der Waals surface area contributed by atoms with Crippen LogP contribution in [0.25, 0.3) is 0 Å². The number of amides is 1. The lowest BCUT2D eigenvalue weighted by molar-refractivity contribution is -0.136. The monoisotopic (exact) mass is 333 g/mol. The van der Waals surface area contributed by atoms with E-state index in [4.69, 9.17) is 0 Å². The predicted molar refractivity (Wildman–Crippen MR) is 93.6 cm³/mol. The summed E-state index contributed by atoms with van der Waals surface area (Å²) < 4.78 is 14.0. The van der Waals surface area contributed by atoms with Crippen molar-refractivity contribution in [3.8, 4) is 0 Å². The van der Waals surface area contributed by atoms with Gasteiger partial charge in [0.2, 0.25) is 5.91 Å². The maximum absolute atomic E-state index is 14.0. The number of nitrogens with zero attached hydrogens (tertiary/aromatic N) is 3. The number of alkyl halides is 1. The van der Waals surface area contributed by atoms with Crippen LogP contribution in [0.1, 0.15) is 24.0 Å². The van der Waals surface area contributed by atoms with Crippen LogP contribution in [0.15, 0.2) is 24.3 Å². The Morgan fingerprint density at radius 2 is 1.92 bits per heavy atom. The Hall–Kier alpha value is -1.46. The zero-order chi connectivity index (χ0) is 17.1. The summed E-state index contributed by atoms with van der Waals surface area (Å²) in [5, 5.41) is 0. The van der Waals surface area contributed by atoms with E-state index in [0.29, 0.717) is 19.5 Å². The fraction of sp³-hybridized carbons (Fsp3) is 0.632. The van der Waals surface area contributed by atoms with Crippen molar-refractivity contribution in [1.29, 1.82) is 0 Å². The first kappa shape index (κ1) is 17.4. The average molecular weight is 333 g/mol. The number of likely N-dealkylation sites (tertiary alicyclic amines) is 1. The number of benzene rings is 1. The van der Waals surface area contributed by atoms with Gasteiger partial charge in [0.25, 0.3) is 0 Å². The van der Waals surface area contributed by atoms with Crippen LogP contribution in [0, 0.1) is 6.92 Å². The van der Waals surface area contributed by atoms with Crippen LogP contribution < -0.4 is 0 Å². The second-order valence-electron chi connectivity index (χ2n) is 7.25. The first-order valence-corrected chi connectivity index (χ1v) is 8.94. The van der Waals surface area contributed by atoms with Gasteiger partial charge in [-0.2, -0.15) is 0 Å². The van der Waals surface area contributed by atoms with E-state index in [0.717, 1.165) is 38.2 Å². The highest BCUT2D eigenvalue weighted by atomic mass is 19.1. The Morgan fingerprint density at radius 3 is 2.67 bits per heavy atom. The van der Waals surface area contributed by atoms with Gasteiger partial charge in [-0.3, -0.25) is 9.69 Å². The van der Waals surface area contributed by atoms with Crippen molar-refractivity contribution in [3.05, 3.63) is 35.4 Å². The van der Waals surface area contributed by atoms with Gasteiger partial charge < -0.3 is 9.80 Å². The van der Waals surface area contributed by atoms with Crippen LogP contribution in [-0.2, 0) is 11.3 Å². The number of rotatable bonds is 3. The highest BCUT2D eigenvalue weighted by Gasteiger charge is 2.39. The number of carbonyl (C=O) groups excluding carboxylic acids is 1. The van der Waals surface area contributed by atoms with Gasteiger partial charge in [-0.25, -0.2) is 4.39 Å². The van der Waals surface area contributed by atoms with Crippen LogP contribution >= 0.6 is 0 Å². The Balaban J connectivity index is 1.67. The molecule has 2 aliphatic rings. The van der Waals surface area contributed by atoms with E-state index < -0.39 is 6.17 Å². The Kier molecular flexibility index (Phi) is 5.51. The molecule has 0 N–H and O–H groups in total. The van der Waals surface area contributed by atoms with Crippen molar-refractivity contribution in [1.82, 2.24) is 14.7 Å². The van der Waals surface area contributed by atoms with E-state index in [1.165, 1.54) is 5.56 Å². The van der Waals surface area contributed by atoms with E-state index in [1.807, 2.05) is 9.80 Å². The highest BCUT2D eigenvalue weighted by molar-refractivity contribution is 5.82. The molecule has 0 bridgehead atoms. The molecule has 0 unspecified atom stereocenters. The molecule has 1 aromatic rings. The molecule has 132 valence electrons. The molecule has 0 radical (unpaired) electrons. The minimum absolute atomic E-state index is 0.109. The third-order valence-corrected chi connectivity index (χ3v) is 5.17. The van der Waals surface area contributed by atoms with Gasteiger partial charge in [-0.15, -0.1) is 0 Å². The normalized spacial score (nSPS) is 26.5. The molecule has 2 atom stereocenters. The van der Waals surface area contributed by atoms with Crippen molar-refractivity contribution < 1.29 is 9.18 Å². The molecule has 1 amide bonds. The van der Waals surface area contributed by atoms with Crippen molar-refractivity contribution in [2.75, 3.05) is 39.8 Å². The Labute approximate surface area is 144 Å². The number of aryl methyl sites for hydroxylation is 1.